The summed E-state index contributed by atoms with van der Waals surface area (Å²) >= 11 is 0.965. The normalized spacial score (nSPS) is 13.0. The monoisotopic (exact) mass is 212 g/mol. The first-order chi connectivity index (χ1) is 5.65. The Kier molecular flexibility index (Phi) is 4.16. The first kappa shape index (κ1) is 12.7. The average molecular weight is 212 g/mol. The van der Waals surface area contributed by atoms with E-state index in [0.717, 1.165) is 11.8 Å². The van der Waals surface area contributed by atoms with Crippen molar-refractivity contribution in [2.45, 2.75) is 26.7 Å². The highest BCUT2D eigenvalue weighted by Gasteiger charge is 2.38. The largest absolute Gasteiger partial charge is 0.477 e. The maximum atomic E-state index is 12.5. The van der Waals surface area contributed by atoms with Crippen molar-refractivity contribution >= 4 is 17.7 Å². The summed E-state index contributed by atoms with van der Waals surface area (Å²) in [6.45, 7) is 5.75. The molecule has 0 radical (unpaired) electrons. The summed E-state index contributed by atoms with van der Waals surface area (Å²) in [6.07, 6.45) is 0. The Balaban J connectivity index is 3.84. The topological polar surface area (TPSA) is 37.3 Å². The predicted octanol–water partition coefficient (Wildman–Crippen LogP) is 2.49. The van der Waals surface area contributed by atoms with Crippen molar-refractivity contribution in [2.24, 2.45) is 5.41 Å². The van der Waals surface area contributed by atoms with Gasteiger partial charge in [0, 0.05) is 0 Å². The third kappa shape index (κ3) is 5.85. The first-order valence-electron chi connectivity index (χ1n) is 3.84. The molecule has 0 spiro atoms. The predicted molar refractivity (Wildman–Crippen MR) is 49.4 cm³/mol. The summed E-state index contributed by atoms with van der Waals surface area (Å²) in [6, 6.07) is 0. The maximum Gasteiger partial charge on any atom is 0.375 e. The third-order valence-corrected chi connectivity index (χ3v) is 2.77. The summed E-state index contributed by atoms with van der Waals surface area (Å²) in [5.41, 5.74) is -0.0563. The Hall–Kier alpha value is -0.320. The van der Waals surface area contributed by atoms with Gasteiger partial charge in [-0.3, -0.25) is 0 Å². The lowest BCUT2D eigenvalue weighted by molar-refractivity contribution is -0.161. The van der Waals surface area contributed by atoms with E-state index in [4.69, 9.17) is 5.11 Å². The minimum Gasteiger partial charge on any atom is -0.477 e. The van der Waals surface area contributed by atoms with Gasteiger partial charge < -0.3 is 5.11 Å². The lowest BCUT2D eigenvalue weighted by Gasteiger charge is -2.18. The van der Waals surface area contributed by atoms with Gasteiger partial charge in [0.15, 0.2) is 0 Å². The van der Waals surface area contributed by atoms with Crippen molar-refractivity contribution in [2.75, 3.05) is 11.5 Å². The molecule has 0 rings (SSSR count). The Bertz CT molecular complexity index is 187. The molecule has 2 nitrogen and oxygen atoms in total. The van der Waals surface area contributed by atoms with Crippen LogP contribution in [-0.4, -0.2) is 28.5 Å². The van der Waals surface area contributed by atoms with Crippen LogP contribution in [0.5, 0.6) is 0 Å². The van der Waals surface area contributed by atoms with E-state index in [9.17, 15) is 13.6 Å². The number of carbonyl (C=O) groups is 1. The van der Waals surface area contributed by atoms with Crippen molar-refractivity contribution in [1.29, 1.82) is 0 Å². The van der Waals surface area contributed by atoms with Gasteiger partial charge in [-0.2, -0.15) is 20.5 Å². The molecule has 0 aromatic rings. The quantitative estimate of drug-likeness (QED) is 0.777. The number of alkyl halides is 2. The molecule has 0 aliphatic carbocycles. The smallest absolute Gasteiger partial charge is 0.375 e. The number of aliphatic carboxylic acids is 1. The lowest BCUT2D eigenvalue weighted by Crippen LogP contribution is -2.31. The summed E-state index contributed by atoms with van der Waals surface area (Å²) in [5.74, 6) is -5.78. The van der Waals surface area contributed by atoms with Crippen LogP contribution in [0.1, 0.15) is 20.8 Å². The number of halogens is 2. The third-order valence-electron chi connectivity index (χ3n) is 1.13. The van der Waals surface area contributed by atoms with Gasteiger partial charge in [-0.25, -0.2) is 4.79 Å². The molecule has 0 amide bonds. The van der Waals surface area contributed by atoms with Gasteiger partial charge >= 0.3 is 11.9 Å². The molecule has 5 heteroatoms. The minimum absolute atomic E-state index is 0.0563. The molecule has 0 aliphatic heterocycles. The van der Waals surface area contributed by atoms with Crippen molar-refractivity contribution in [1.82, 2.24) is 0 Å². The molecule has 0 atom stereocenters. The number of hydrogen-bond acceptors (Lipinski definition) is 2. The minimum atomic E-state index is -3.60. The van der Waals surface area contributed by atoms with Crippen LogP contribution in [0.25, 0.3) is 0 Å². The molecule has 0 aromatic heterocycles. The number of carboxylic acid groups (broad SMARTS) is 1. The SMILES string of the molecule is CC(C)(C)CSCC(F)(F)C(=O)O. The van der Waals surface area contributed by atoms with Crippen molar-refractivity contribution in [3.63, 3.8) is 0 Å². The molecular formula is C8H14F2O2S. The highest BCUT2D eigenvalue weighted by Crippen LogP contribution is 2.26. The van der Waals surface area contributed by atoms with E-state index in [0.29, 0.717) is 5.75 Å². The standard InChI is InChI=1S/C8H14F2O2S/c1-7(2,3)4-13-5-8(9,10)6(11)12/h4-5H2,1-3H3,(H,11,12). The van der Waals surface area contributed by atoms with E-state index in [1.165, 1.54) is 0 Å². The summed E-state index contributed by atoms with van der Waals surface area (Å²) in [5, 5.41) is 8.11. The molecule has 0 aromatic carbocycles. The first-order valence-corrected chi connectivity index (χ1v) is 4.99. The fourth-order valence-corrected chi connectivity index (χ4v) is 1.64. The van der Waals surface area contributed by atoms with Crippen molar-refractivity contribution < 1.29 is 18.7 Å². The fraction of sp³-hybridized carbons (Fsp3) is 0.875. The van der Waals surface area contributed by atoms with Gasteiger partial charge in [-0.1, -0.05) is 20.8 Å². The molecule has 1 N–H and O–H groups in total. The molecule has 0 unspecified atom stereocenters. The number of thioether (sulfide) groups is 1. The molecule has 0 fully saturated rings. The second-order valence-electron chi connectivity index (χ2n) is 4.06. The van der Waals surface area contributed by atoms with Crippen LogP contribution in [0.15, 0.2) is 0 Å². The van der Waals surface area contributed by atoms with Gasteiger partial charge in [0.2, 0.25) is 0 Å². The van der Waals surface area contributed by atoms with Gasteiger partial charge in [-0.15, -0.1) is 0 Å². The molecule has 78 valence electrons. The van der Waals surface area contributed by atoms with Gasteiger partial charge in [0.1, 0.15) is 0 Å². The molecule has 0 saturated heterocycles. The van der Waals surface area contributed by atoms with E-state index in [1.54, 1.807) is 0 Å². The molecule has 0 aliphatic rings. The Morgan fingerprint density at radius 2 is 1.77 bits per heavy atom. The second kappa shape index (κ2) is 4.26. The van der Waals surface area contributed by atoms with E-state index in [2.05, 4.69) is 0 Å². The van der Waals surface area contributed by atoms with Gasteiger partial charge in [-0.05, 0) is 11.2 Å². The Morgan fingerprint density at radius 1 is 1.31 bits per heavy atom. The van der Waals surface area contributed by atoms with Crippen LogP contribution < -0.4 is 0 Å². The molecule has 13 heavy (non-hydrogen) atoms. The molecule has 0 bridgehead atoms. The van der Waals surface area contributed by atoms with E-state index in [1.807, 2.05) is 20.8 Å². The van der Waals surface area contributed by atoms with Crippen molar-refractivity contribution in [3.8, 4) is 0 Å². The Labute approximate surface area is 80.7 Å². The summed E-state index contributed by atoms with van der Waals surface area (Å²) in [7, 11) is 0. The zero-order valence-electron chi connectivity index (χ0n) is 7.93. The highest BCUT2D eigenvalue weighted by molar-refractivity contribution is 7.99. The van der Waals surface area contributed by atoms with Crippen LogP contribution in [-0.2, 0) is 4.79 Å². The van der Waals surface area contributed by atoms with E-state index in [-0.39, 0.29) is 5.41 Å². The molecule has 0 saturated carbocycles. The van der Waals surface area contributed by atoms with E-state index >= 15 is 0 Å². The number of carboxylic acids is 1. The van der Waals surface area contributed by atoms with Crippen LogP contribution in [0.2, 0.25) is 0 Å². The number of hydrogen-bond donors (Lipinski definition) is 1. The number of rotatable bonds is 4. The van der Waals surface area contributed by atoms with Crippen LogP contribution in [0, 0.1) is 5.41 Å². The molecule has 0 heterocycles. The molecular weight excluding hydrogens is 198 g/mol. The van der Waals surface area contributed by atoms with Gasteiger partial charge in [0.25, 0.3) is 0 Å². The zero-order valence-corrected chi connectivity index (χ0v) is 8.75. The average Bonchev–Trinajstić information content (AvgIpc) is 1.82. The van der Waals surface area contributed by atoms with Crippen LogP contribution >= 0.6 is 11.8 Å². The summed E-state index contributed by atoms with van der Waals surface area (Å²) in [4.78, 5) is 10.0. The fourth-order valence-electron chi connectivity index (χ4n) is 0.547. The Morgan fingerprint density at radius 3 is 2.08 bits per heavy atom. The maximum absolute atomic E-state index is 12.5. The highest BCUT2D eigenvalue weighted by atomic mass is 32.2. The van der Waals surface area contributed by atoms with Gasteiger partial charge in [0.05, 0.1) is 5.75 Å². The van der Waals surface area contributed by atoms with Crippen molar-refractivity contribution in [3.05, 3.63) is 0 Å². The van der Waals surface area contributed by atoms with Crippen LogP contribution in [0.3, 0.4) is 0 Å². The zero-order chi connectivity index (χ0) is 10.7. The lowest BCUT2D eigenvalue weighted by atomic mass is 10.0. The second-order valence-corrected chi connectivity index (χ2v) is 5.05. The van der Waals surface area contributed by atoms with Crippen LogP contribution in [0.4, 0.5) is 8.78 Å². The summed E-state index contributed by atoms with van der Waals surface area (Å²) < 4.78 is 25.0. The van der Waals surface area contributed by atoms with E-state index < -0.39 is 17.6 Å².